The van der Waals surface area contributed by atoms with E-state index in [4.69, 9.17) is 4.74 Å². The fourth-order valence-corrected chi connectivity index (χ4v) is 3.28. The molecule has 2 nitrogen and oxygen atoms in total. The average molecular weight is 336 g/mol. The van der Waals surface area contributed by atoms with Crippen LogP contribution in [0.4, 0.5) is 4.39 Å². The summed E-state index contributed by atoms with van der Waals surface area (Å²) in [4.78, 5) is 0. The predicted octanol–water partition coefficient (Wildman–Crippen LogP) is 3.83. The van der Waals surface area contributed by atoms with E-state index < -0.39 is 0 Å². The average Bonchev–Trinajstić information content (AvgIpc) is 2.91. The van der Waals surface area contributed by atoms with Gasteiger partial charge in [0.25, 0.3) is 0 Å². The van der Waals surface area contributed by atoms with Crippen molar-refractivity contribution in [3.05, 3.63) is 63.4 Å². The van der Waals surface area contributed by atoms with Gasteiger partial charge in [0.1, 0.15) is 11.6 Å². The molecule has 0 radical (unpaired) electrons. The lowest BCUT2D eigenvalue weighted by molar-refractivity contribution is 0.350. The monoisotopic (exact) mass is 335 g/mol. The molecule has 0 aromatic heterocycles. The molecule has 104 valence electrons. The Kier molecular flexibility index (Phi) is 3.76. The number of fused-ring (bicyclic) bond motifs is 1. The molecule has 0 saturated heterocycles. The fraction of sp³-hybridized carbons (Fsp3) is 0.250. The van der Waals surface area contributed by atoms with Crippen LogP contribution in [0.1, 0.15) is 22.7 Å². The third-order valence-corrected chi connectivity index (χ3v) is 4.32. The van der Waals surface area contributed by atoms with Gasteiger partial charge in [-0.25, -0.2) is 4.39 Å². The van der Waals surface area contributed by atoms with Gasteiger partial charge in [-0.05, 0) is 24.7 Å². The van der Waals surface area contributed by atoms with E-state index in [1.807, 2.05) is 25.2 Å². The Hall–Kier alpha value is -1.39. The van der Waals surface area contributed by atoms with E-state index in [9.17, 15) is 4.39 Å². The lowest BCUT2D eigenvalue weighted by Crippen LogP contribution is -2.20. The Morgan fingerprint density at radius 2 is 2.05 bits per heavy atom. The highest BCUT2D eigenvalue weighted by atomic mass is 79.9. The number of hydrogen-bond donors (Lipinski definition) is 1. The largest absolute Gasteiger partial charge is 0.493 e. The van der Waals surface area contributed by atoms with Crippen LogP contribution in [0.25, 0.3) is 0 Å². The van der Waals surface area contributed by atoms with E-state index in [-0.39, 0.29) is 11.9 Å². The summed E-state index contributed by atoms with van der Waals surface area (Å²) < 4.78 is 20.7. The van der Waals surface area contributed by atoms with Gasteiger partial charge in [-0.1, -0.05) is 40.2 Å². The van der Waals surface area contributed by atoms with Crippen molar-refractivity contribution >= 4 is 15.9 Å². The van der Waals surface area contributed by atoms with Crippen molar-refractivity contribution in [1.82, 2.24) is 5.32 Å². The summed E-state index contributed by atoms with van der Waals surface area (Å²) in [6.45, 7) is 0.696. The fourth-order valence-electron chi connectivity index (χ4n) is 2.71. The summed E-state index contributed by atoms with van der Waals surface area (Å²) >= 11 is 3.45. The number of nitrogens with one attached hydrogen (secondary N) is 1. The summed E-state index contributed by atoms with van der Waals surface area (Å²) in [5, 5.41) is 3.20. The van der Waals surface area contributed by atoms with E-state index in [2.05, 4.69) is 27.3 Å². The molecular weight excluding hydrogens is 321 g/mol. The van der Waals surface area contributed by atoms with Crippen LogP contribution in [0.3, 0.4) is 0 Å². The van der Waals surface area contributed by atoms with E-state index in [0.29, 0.717) is 12.2 Å². The van der Waals surface area contributed by atoms with Gasteiger partial charge in [0, 0.05) is 22.0 Å². The van der Waals surface area contributed by atoms with Crippen LogP contribution in [0.5, 0.6) is 5.75 Å². The molecule has 0 saturated carbocycles. The second-order valence-corrected chi connectivity index (χ2v) is 5.65. The summed E-state index contributed by atoms with van der Waals surface area (Å²) in [7, 11) is 1.83. The molecule has 0 spiro atoms. The minimum atomic E-state index is -0.237. The first-order valence-corrected chi connectivity index (χ1v) is 7.37. The van der Waals surface area contributed by atoms with Gasteiger partial charge in [0.05, 0.1) is 12.6 Å². The minimum Gasteiger partial charge on any atom is -0.493 e. The quantitative estimate of drug-likeness (QED) is 0.920. The molecule has 3 rings (SSSR count). The van der Waals surface area contributed by atoms with Crippen molar-refractivity contribution in [2.24, 2.45) is 0 Å². The van der Waals surface area contributed by atoms with Crippen molar-refractivity contribution in [3.8, 4) is 5.75 Å². The smallest absolute Gasteiger partial charge is 0.129 e. The van der Waals surface area contributed by atoms with Gasteiger partial charge < -0.3 is 10.1 Å². The van der Waals surface area contributed by atoms with Crippen LogP contribution in [0.2, 0.25) is 0 Å². The van der Waals surface area contributed by atoms with Crippen molar-refractivity contribution in [2.75, 3.05) is 13.7 Å². The standard InChI is InChI=1S/C16H15BrFNO/c1-19-15(14-12(17)6-3-7-13(14)18)11-5-2-4-10-8-9-20-16(10)11/h2-7,15,19H,8-9H2,1H3. The van der Waals surface area contributed by atoms with E-state index >= 15 is 0 Å². The zero-order chi connectivity index (χ0) is 14.1. The summed E-state index contributed by atoms with van der Waals surface area (Å²) in [5.41, 5.74) is 2.78. The molecule has 0 aliphatic carbocycles. The van der Waals surface area contributed by atoms with Crippen molar-refractivity contribution in [3.63, 3.8) is 0 Å². The second kappa shape index (κ2) is 5.54. The van der Waals surface area contributed by atoms with Crippen molar-refractivity contribution in [1.29, 1.82) is 0 Å². The van der Waals surface area contributed by atoms with Gasteiger partial charge in [-0.15, -0.1) is 0 Å². The first-order chi connectivity index (χ1) is 9.72. The third kappa shape index (κ3) is 2.23. The minimum absolute atomic E-state index is 0.227. The number of ether oxygens (including phenoxy) is 1. The van der Waals surface area contributed by atoms with Gasteiger partial charge >= 0.3 is 0 Å². The highest BCUT2D eigenvalue weighted by Crippen LogP contribution is 2.38. The first kappa shape index (κ1) is 13.6. The molecule has 1 heterocycles. The van der Waals surface area contributed by atoms with Crippen LogP contribution < -0.4 is 10.1 Å². The van der Waals surface area contributed by atoms with Gasteiger partial charge in [-0.3, -0.25) is 0 Å². The van der Waals surface area contributed by atoms with Crippen LogP contribution in [-0.4, -0.2) is 13.7 Å². The Bertz CT molecular complexity index is 624. The van der Waals surface area contributed by atoms with Crippen LogP contribution in [0, 0.1) is 5.82 Å². The van der Waals surface area contributed by atoms with E-state index in [1.54, 1.807) is 6.07 Å². The Balaban J connectivity index is 2.14. The van der Waals surface area contributed by atoms with Crippen LogP contribution >= 0.6 is 15.9 Å². The number of rotatable bonds is 3. The Morgan fingerprint density at radius 3 is 2.80 bits per heavy atom. The first-order valence-electron chi connectivity index (χ1n) is 6.58. The highest BCUT2D eigenvalue weighted by molar-refractivity contribution is 9.10. The maximum absolute atomic E-state index is 14.2. The van der Waals surface area contributed by atoms with Gasteiger partial charge in [0.15, 0.2) is 0 Å². The molecule has 1 N–H and O–H groups in total. The summed E-state index contributed by atoms with van der Waals surface area (Å²) in [5.74, 6) is 0.663. The molecule has 1 aliphatic rings. The van der Waals surface area contributed by atoms with E-state index in [0.717, 1.165) is 22.2 Å². The Labute approximate surface area is 126 Å². The van der Waals surface area contributed by atoms with Gasteiger partial charge in [-0.2, -0.15) is 0 Å². The number of benzene rings is 2. The SMILES string of the molecule is CNC(c1cccc2c1OCC2)c1c(F)cccc1Br. The maximum atomic E-state index is 14.2. The second-order valence-electron chi connectivity index (χ2n) is 4.79. The van der Waals surface area contributed by atoms with E-state index in [1.165, 1.54) is 11.6 Å². The third-order valence-electron chi connectivity index (χ3n) is 3.63. The zero-order valence-corrected chi connectivity index (χ0v) is 12.7. The van der Waals surface area contributed by atoms with Crippen LogP contribution in [-0.2, 0) is 6.42 Å². The molecule has 1 atom stereocenters. The number of halogens is 2. The highest BCUT2D eigenvalue weighted by Gasteiger charge is 2.25. The number of hydrogen-bond acceptors (Lipinski definition) is 2. The molecule has 0 bridgehead atoms. The molecule has 2 aromatic rings. The van der Waals surface area contributed by atoms with Crippen molar-refractivity contribution < 1.29 is 9.13 Å². The zero-order valence-electron chi connectivity index (χ0n) is 11.1. The normalized spacial score (nSPS) is 14.8. The molecule has 1 aliphatic heterocycles. The summed E-state index contributed by atoms with van der Waals surface area (Å²) in [6, 6.07) is 10.8. The summed E-state index contributed by atoms with van der Waals surface area (Å²) in [6.07, 6.45) is 0.915. The van der Waals surface area contributed by atoms with Crippen LogP contribution in [0.15, 0.2) is 40.9 Å². The van der Waals surface area contributed by atoms with Crippen molar-refractivity contribution in [2.45, 2.75) is 12.5 Å². The topological polar surface area (TPSA) is 21.3 Å². The molecule has 1 unspecified atom stereocenters. The molecular formula is C16H15BrFNO. The molecule has 0 fully saturated rings. The molecule has 0 amide bonds. The number of para-hydroxylation sites is 1. The molecule has 4 heteroatoms. The molecule has 20 heavy (non-hydrogen) atoms. The van der Waals surface area contributed by atoms with Gasteiger partial charge in [0.2, 0.25) is 0 Å². The Morgan fingerprint density at radius 1 is 1.25 bits per heavy atom. The predicted molar refractivity (Wildman–Crippen MR) is 80.6 cm³/mol. The lowest BCUT2D eigenvalue weighted by Gasteiger charge is -2.21. The maximum Gasteiger partial charge on any atom is 0.129 e. The molecule has 2 aromatic carbocycles. The lowest BCUT2D eigenvalue weighted by atomic mass is 9.95.